The molecule has 2 heteroatoms. The summed E-state index contributed by atoms with van der Waals surface area (Å²) in [7, 11) is 0. The third-order valence-corrected chi connectivity index (χ3v) is 8.54. The van der Waals surface area contributed by atoms with Gasteiger partial charge in [0, 0.05) is 0 Å². The highest BCUT2D eigenvalue weighted by Crippen LogP contribution is 2.19. The number of nitrogens with zero attached hydrogens (tertiary/aromatic N) is 2. The fourth-order valence-electron chi connectivity index (χ4n) is 5.74. The minimum Gasteiger partial charge on any atom is -0.222 e. The van der Waals surface area contributed by atoms with Gasteiger partial charge >= 0.3 is 0 Å². The monoisotopic (exact) mass is 547 g/mol. The van der Waals surface area contributed by atoms with E-state index in [0.29, 0.717) is 12.1 Å². The fraction of sp³-hybridized carbons (Fsp3) is 0.973. The Morgan fingerprint density at radius 1 is 0.308 bits per heavy atom. The van der Waals surface area contributed by atoms with Gasteiger partial charge in [-0.05, 0) is 25.7 Å². The van der Waals surface area contributed by atoms with Gasteiger partial charge in [-0.2, -0.15) is 0 Å². The third-order valence-electron chi connectivity index (χ3n) is 8.54. The Bertz CT molecular complexity index is 466. The smallest absolute Gasteiger partial charge is 0.0898 e. The molecule has 2 nitrogen and oxygen atoms in total. The average molecular weight is 547 g/mol. The van der Waals surface area contributed by atoms with Crippen molar-refractivity contribution in [2.75, 3.05) is 0 Å². The average Bonchev–Trinajstić information content (AvgIpc) is 2.94. The van der Waals surface area contributed by atoms with Crippen LogP contribution in [0.15, 0.2) is 9.98 Å². The summed E-state index contributed by atoms with van der Waals surface area (Å²) in [6, 6.07) is 4.19. The Morgan fingerprint density at radius 3 is 0.744 bits per heavy atom. The van der Waals surface area contributed by atoms with E-state index in [1.165, 1.54) is 193 Å². The molecule has 2 unspecified atom stereocenters. The zero-order valence-corrected chi connectivity index (χ0v) is 27.8. The van der Waals surface area contributed by atoms with Crippen molar-refractivity contribution < 1.29 is 0 Å². The molecule has 0 fully saturated rings. The van der Waals surface area contributed by atoms with Crippen molar-refractivity contribution in [2.24, 2.45) is 9.98 Å². The van der Waals surface area contributed by atoms with Crippen molar-refractivity contribution in [1.29, 1.82) is 0 Å². The molecule has 0 saturated carbocycles. The molecule has 232 valence electrons. The van der Waals surface area contributed by atoms with E-state index in [1.807, 2.05) is 0 Å². The van der Waals surface area contributed by atoms with E-state index < -0.39 is 0 Å². The highest BCUT2D eigenvalue weighted by Gasteiger charge is 2.09. The Balaban J connectivity index is 4.76. The number of hydrogen-bond donors (Lipinski definition) is 0. The van der Waals surface area contributed by atoms with Gasteiger partial charge in [0.05, 0.1) is 18.1 Å². The lowest BCUT2D eigenvalue weighted by atomic mass is 10.00. The van der Waals surface area contributed by atoms with E-state index >= 15 is 0 Å². The highest BCUT2D eigenvalue weighted by atomic mass is 14.9. The molecule has 0 N–H and O–H groups in total. The second-order valence-electron chi connectivity index (χ2n) is 12.6. The van der Waals surface area contributed by atoms with Crippen LogP contribution in [0.4, 0.5) is 0 Å². The third kappa shape index (κ3) is 30.2. The quantitative estimate of drug-likeness (QED) is 0.0592. The van der Waals surface area contributed by atoms with E-state index in [1.54, 1.807) is 0 Å². The maximum Gasteiger partial charge on any atom is 0.0898 e. The van der Waals surface area contributed by atoms with Gasteiger partial charge in [-0.3, -0.25) is 0 Å². The summed E-state index contributed by atoms with van der Waals surface area (Å²) in [6.07, 6.45) is 40.8. The summed E-state index contributed by atoms with van der Waals surface area (Å²) in [4.78, 5) is 9.95. The predicted octanol–water partition coefficient (Wildman–Crippen LogP) is 13.7. The first kappa shape index (κ1) is 38.4. The molecule has 0 aliphatic carbocycles. The van der Waals surface area contributed by atoms with Crippen LogP contribution in [0.5, 0.6) is 0 Å². The van der Waals surface area contributed by atoms with Crippen LogP contribution >= 0.6 is 0 Å². The molecule has 0 aliphatic rings. The van der Waals surface area contributed by atoms with Crippen LogP contribution in [0.25, 0.3) is 0 Å². The first-order valence-corrected chi connectivity index (χ1v) is 18.4. The maximum absolute atomic E-state index is 4.97. The van der Waals surface area contributed by atoms with Crippen LogP contribution < -0.4 is 0 Å². The normalized spacial score (nSPS) is 12.8. The lowest BCUT2D eigenvalue weighted by molar-refractivity contribution is 0.479. The van der Waals surface area contributed by atoms with Gasteiger partial charge in [-0.1, -0.05) is 195 Å². The largest absolute Gasteiger partial charge is 0.222 e. The molecule has 0 radical (unpaired) electrons. The van der Waals surface area contributed by atoms with Crippen LogP contribution in [-0.2, 0) is 0 Å². The summed E-state index contributed by atoms with van der Waals surface area (Å²) in [5, 5.41) is 0. The second-order valence-corrected chi connectivity index (χ2v) is 12.6. The Morgan fingerprint density at radius 2 is 0.513 bits per heavy atom. The Hall–Kier alpha value is -0.620. The molecular weight excluding hydrogens is 472 g/mol. The summed E-state index contributed by atoms with van der Waals surface area (Å²) in [6.45, 7) is 9.22. The molecule has 0 bridgehead atoms. The summed E-state index contributed by atoms with van der Waals surface area (Å²) in [5.74, 6) is 0. The summed E-state index contributed by atoms with van der Waals surface area (Å²) >= 11 is 0. The Kier molecular flexibility index (Phi) is 33.1. The number of hydrogen-bond acceptors (Lipinski definition) is 2. The minimum absolute atomic E-state index is 0.448. The Labute approximate surface area is 248 Å². The number of rotatable bonds is 32. The molecule has 0 aromatic heterocycles. The van der Waals surface area contributed by atoms with Gasteiger partial charge in [0.25, 0.3) is 0 Å². The molecule has 0 aromatic carbocycles. The predicted molar refractivity (Wildman–Crippen MR) is 179 cm³/mol. The second kappa shape index (κ2) is 33.6. The van der Waals surface area contributed by atoms with Gasteiger partial charge in [-0.25, -0.2) is 9.98 Å². The molecule has 0 saturated heterocycles. The highest BCUT2D eigenvalue weighted by molar-refractivity contribution is 5.42. The molecule has 0 heterocycles. The van der Waals surface area contributed by atoms with Crippen molar-refractivity contribution in [1.82, 2.24) is 0 Å². The molecule has 39 heavy (non-hydrogen) atoms. The molecule has 0 spiro atoms. The van der Waals surface area contributed by atoms with E-state index in [4.69, 9.17) is 9.98 Å². The molecule has 0 aliphatic heterocycles. The lowest BCUT2D eigenvalue weighted by Crippen LogP contribution is -2.06. The maximum atomic E-state index is 4.97. The van der Waals surface area contributed by atoms with Crippen LogP contribution in [0, 0.1) is 0 Å². The zero-order chi connectivity index (χ0) is 28.5. The van der Waals surface area contributed by atoms with Gasteiger partial charge in [0.1, 0.15) is 0 Å². The minimum atomic E-state index is 0.448. The first-order valence-electron chi connectivity index (χ1n) is 18.4. The van der Waals surface area contributed by atoms with Gasteiger partial charge in [0.15, 0.2) is 0 Å². The standard InChI is InChI=1S/C37H74N2/c1-5-9-13-17-21-25-29-33-36(31-27-23-19-15-11-7-3)38-35-39-37(32-28-24-20-16-12-8-4)34-30-26-22-18-14-10-6-2/h36-37H,5-34H2,1-4H3. The number of unbranched alkanes of at least 4 members (excludes halogenated alkanes) is 22. The van der Waals surface area contributed by atoms with Crippen LogP contribution in [0.1, 0.15) is 220 Å². The van der Waals surface area contributed by atoms with Gasteiger partial charge < -0.3 is 0 Å². The van der Waals surface area contributed by atoms with Crippen molar-refractivity contribution in [3.05, 3.63) is 0 Å². The summed E-state index contributed by atoms with van der Waals surface area (Å²) in [5.41, 5.74) is 0. The zero-order valence-electron chi connectivity index (χ0n) is 27.8. The first-order chi connectivity index (χ1) is 19.3. The fourth-order valence-corrected chi connectivity index (χ4v) is 5.74. The van der Waals surface area contributed by atoms with Crippen molar-refractivity contribution >= 4 is 6.01 Å². The number of aliphatic imine (C=N–C) groups is 2. The van der Waals surface area contributed by atoms with Crippen molar-refractivity contribution in [3.63, 3.8) is 0 Å². The topological polar surface area (TPSA) is 24.7 Å². The molecule has 0 rings (SSSR count). The van der Waals surface area contributed by atoms with Gasteiger partial charge in [0.2, 0.25) is 0 Å². The van der Waals surface area contributed by atoms with Gasteiger partial charge in [-0.15, -0.1) is 0 Å². The lowest BCUT2D eigenvalue weighted by Gasteiger charge is -2.12. The SMILES string of the molecule is CCCCCCCCCC(CCCCCCCC)N=C=NC(CCCCCCCC)CCCCCCCCC. The molecule has 0 amide bonds. The van der Waals surface area contributed by atoms with Crippen LogP contribution in [0.2, 0.25) is 0 Å². The van der Waals surface area contributed by atoms with E-state index in [2.05, 4.69) is 33.7 Å². The molecule has 0 aromatic rings. The van der Waals surface area contributed by atoms with Crippen LogP contribution in [-0.4, -0.2) is 18.1 Å². The van der Waals surface area contributed by atoms with Crippen molar-refractivity contribution in [2.45, 2.75) is 232 Å². The molecule has 2 atom stereocenters. The van der Waals surface area contributed by atoms with E-state index in [9.17, 15) is 0 Å². The van der Waals surface area contributed by atoms with E-state index in [-0.39, 0.29) is 0 Å². The van der Waals surface area contributed by atoms with E-state index in [0.717, 1.165) is 0 Å². The van der Waals surface area contributed by atoms with Crippen molar-refractivity contribution in [3.8, 4) is 0 Å². The van der Waals surface area contributed by atoms with Crippen LogP contribution in [0.3, 0.4) is 0 Å². The molecular formula is C37H74N2. The summed E-state index contributed by atoms with van der Waals surface area (Å²) < 4.78 is 0.